The fourth-order valence-corrected chi connectivity index (χ4v) is 4.21. The Hall–Kier alpha value is -1.92. The topological polar surface area (TPSA) is 43.8 Å². The van der Waals surface area contributed by atoms with Gasteiger partial charge in [-0.25, -0.2) is 4.98 Å². The predicted molar refractivity (Wildman–Crippen MR) is 114 cm³/mol. The van der Waals surface area contributed by atoms with Crippen LogP contribution in [0.5, 0.6) is 0 Å². The Bertz CT molecular complexity index is 719. The van der Waals surface area contributed by atoms with Gasteiger partial charge >= 0.3 is 0 Å². The van der Waals surface area contributed by atoms with E-state index in [9.17, 15) is 0 Å². The number of rotatable bonds is 6. The molecule has 5 nitrogen and oxygen atoms in total. The third kappa shape index (κ3) is 6.04. The van der Waals surface area contributed by atoms with Crippen LogP contribution >= 0.6 is 11.3 Å². The van der Waals surface area contributed by atoms with Crippen LogP contribution in [0.15, 0.2) is 40.7 Å². The first-order valence-electron chi connectivity index (χ1n) is 9.73. The molecule has 1 fully saturated rings. The number of hydrogen-bond donors (Lipinski definition) is 1. The van der Waals surface area contributed by atoms with E-state index in [2.05, 4.69) is 74.8 Å². The Morgan fingerprint density at radius 3 is 2.67 bits per heavy atom. The van der Waals surface area contributed by atoms with Crippen LogP contribution in [0.25, 0.3) is 0 Å². The van der Waals surface area contributed by atoms with E-state index in [4.69, 9.17) is 0 Å². The molecule has 146 valence electrons. The van der Waals surface area contributed by atoms with Crippen LogP contribution < -0.4 is 5.32 Å². The highest BCUT2D eigenvalue weighted by molar-refractivity contribution is 7.09. The van der Waals surface area contributed by atoms with Crippen molar-refractivity contribution in [2.75, 3.05) is 33.7 Å². The van der Waals surface area contributed by atoms with Crippen LogP contribution in [0.4, 0.5) is 0 Å². The van der Waals surface area contributed by atoms with Gasteiger partial charge < -0.3 is 10.2 Å². The van der Waals surface area contributed by atoms with Crippen LogP contribution in [-0.2, 0) is 13.1 Å². The molecule has 1 N–H and O–H groups in total. The van der Waals surface area contributed by atoms with Crippen LogP contribution in [-0.4, -0.2) is 54.5 Å². The van der Waals surface area contributed by atoms with Crippen molar-refractivity contribution in [2.24, 2.45) is 10.9 Å². The SMILES string of the molecule is CN=C(NCC1CCN(Cc2csc(C)n2)CC1)N(C)Cc1ccccc1. The molecular formula is C21H31N5S. The number of hydrogen-bond acceptors (Lipinski definition) is 4. The van der Waals surface area contributed by atoms with E-state index < -0.39 is 0 Å². The predicted octanol–water partition coefficient (Wildman–Crippen LogP) is 3.37. The van der Waals surface area contributed by atoms with Crippen molar-refractivity contribution in [3.8, 4) is 0 Å². The molecule has 0 atom stereocenters. The van der Waals surface area contributed by atoms with Crippen LogP contribution in [0.3, 0.4) is 0 Å². The largest absolute Gasteiger partial charge is 0.356 e. The second kappa shape index (κ2) is 9.85. The summed E-state index contributed by atoms with van der Waals surface area (Å²) in [6, 6.07) is 10.5. The number of nitrogens with one attached hydrogen (secondary N) is 1. The Balaban J connectivity index is 1.40. The minimum atomic E-state index is 0.709. The van der Waals surface area contributed by atoms with Gasteiger partial charge in [-0.05, 0) is 44.3 Å². The van der Waals surface area contributed by atoms with E-state index >= 15 is 0 Å². The van der Waals surface area contributed by atoms with Crippen LogP contribution in [0, 0.1) is 12.8 Å². The summed E-state index contributed by atoms with van der Waals surface area (Å²) < 4.78 is 0. The molecule has 0 bridgehead atoms. The molecule has 2 aromatic rings. The lowest BCUT2D eigenvalue weighted by molar-refractivity contribution is 0.176. The van der Waals surface area contributed by atoms with Gasteiger partial charge in [0.2, 0.25) is 0 Å². The van der Waals surface area contributed by atoms with E-state index in [1.54, 1.807) is 11.3 Å². The maximum atomic E-state index is 4.59. The van der Waals surface area contributed by atoms with E-state index in [1.807, 2.05) is 7.05 Å². The molecule has 2 heterocycles. The number of aliphatic imine (C=N–C) groups is 1. The number of aromatic nitrogens is 1. The molecule has 27 heavy (non-hydrogen) atoms. The number of benzene rings is 1. The maximum Gasteiger partial charge on any atom is 0.193 e. The van der Waals surface area contributed by atoms with Gasteiger partial charge in [-0.3, -0.25) is 9.89 Å². The molecule has 1 aromatic heterocycles. The first-order valence-corrected chi connectivity index (χ1v) is 10.6. The zero-order valence-electron chi connectivity index (χ0n) is 16.7. The van der Waals surface area contributed by atoms with E-state index in [1.165, 1.54) is 24.1 Å². The highest BCUT2D eigenvalue weighted by atomic mass is 32.1. The van der Waals surface area contributed by atoms with Gasteiger partial charge in [0, 0.05) is 39.1 Å². The van der Waals surface area contributed by atoms with Crippen molar-refractivity contribution in [3.05, 3.63) is 52.0 Å². The molecule has 1 aliphatic heterocycles. The fraction of sp³-hybridized carbons (Fsp3) is 0.524. The third-order valence-corrected chi connectivity index (χ3v) is 5.97. The van der Waals surface area contributed by atoms with Gasteiger partial charge in [0.15, 0.2) is 5.96 Å². The Morgan fingerprint density at radius 2 is 2.04 bits per heavy atom. The van der Waals surface area contributed by atoms with Crippen molar-refractivity contribution in [2.45, 2.75) is 32.9 Å². The zero-order valence-corrected chi connectivity index (χ0v) is 17.5. The Labute approximate surface area is 167 Å². The fourth-order valence-electron chi connectivity index (χ4n) is 3.61. The average Bonchev–Trinajstić information content (AvgIpc) is 3.09. The molecule has 6 heteroatoms. The summed E-state index contributed by atoms with van der Waals surface area (Å²) >= 11 is 1.74. The summed E-state index contributed by atoms with van der Waals surface area (Å²) in [7, 11) is 3.96. The summed E-state index contributed by atoms with van der Waals surface area (Å²) in [5.74, 6) is 1.68. The average molecular weight is 386 g/mol. The van der Waals surface area contributed by atoms with Crippen molar-refractivity contribution in [1.82, 2.24) is 20.1 Å². The standard InChI is InChI=1S/C21H31N5S/c1-17-24-20(16-27-17)15-26-11-9-18(10-12-26)13-23-21(22-2)25(3)14-19-7-5-4-6-8-19/h4-8,16,18H,9-15H2,1-3H3,(H,22,23). The monoisotopic (exact) mass is 385 g/mol. The summed E-state index contributed by atoms with van der Waals surface area (Å²) in [5, 5.41) is 6.93. The number of guanidine groups is 1. The van der Waals surface area contributed by atoms with Crippen molar-refractivity contribution in [1.29, 1.82) is 0 Å². The smallest absolute Gasteiger partial charge is 0.193 e. The van der Waals surface area contributed by atoms with Crippen molar-refractivity contribution in [3.63, 3.8) is 0 Å². The zero-order chi connectivity index (χ0) is 19.1. The third-order valence-electron chi connectivity index (χ3n) is 5.14. The van der Waals surface area contributed by atoms with E-state index in [0.29, 0.717) is 5.92 Å². The molecule has 1 saturated heterocycles. The first kappa shape index (κ1) is 19.8. The first-order chi connectivity index (χ1) is 13.1. The Morgan fingerprint density at radius 1 is 1.30 bits per heavy atom. The highest BCUT2D eigenvalue weighted by Gasteiger charge is 2.20. The number of thiazole rings is 1. The van der Waals surface area contributed by atoms with Gasteiger partial charge in [0.25, 0.3) is 0 Å². The summed E-state index contributed by atoms with van der Waals surface area (Å²) in [6.45, 7) is 7.24. The number of aryl methyl sites for hydroxylation is 1. The second-order valence-electron chi connectivity index (χ2n) is 7.35. The second-order valence-corrected chi connectivity index (χ2v) is 8.41. The maximum absolute atomic E-state index is 4.59. The molecular weight excluding hydrogens is 354 g/mol. The number of likely N-dealkylation sites (tertiary alicyclic amines) is 1. The molecule has 0 spiro atoms. The van der Waals surface area contributed by atoms with Crippen molar-refractivity contribution < 1.29 is 0 Å². The molecule has 1 aromatic carbocycles. The normalized spacial score (nSPS) is 16.5. The lowest BCUT2D eigenvalue weighted by Crippen LogP contribution is -2.43. The summed E-state index contributed by atoms with van der Waals surface area (Å²) in [6.07, 6.45) is 2.46. The summed E-state index contributed by atoms with van der Waals surface area (Å²) in [5.41, 5.74) is 2.52. The molecule has 0 saturated carbocycles. The highest BCUT2D eigenvalue weighted by Crippen LogP contribution is 2.19. The molecule has 0 amide bonds. The van der Waals surface area contributed by atoms with E-state index in [-0.39, 0.29) is 0 Å². The molecule has 1 aliphatic rings. The van der Waals surface area contributed by atoms with Gasteiger partial charge in [-0.15, -0.1) is 11.3 Å². The Kier molecular flexibility index (Phi) is 7.24. The molecule has 3 rings (SSSR count). The van der Waals surface area contributed by atoms with Gasteiger partial charge in [-0.2, -0.15) is 0 Å². The van der Waals surface area contributed by atoms with Crippen molar-refractivity contribution >= 4 is 17.3 Å². The van der Waals surface area contributed by atoms with Gasteiger partial charge in [-0.1, -0.05) is 30.3 Å². The molecule has 0 radical (unpaired) electrons. The van der Waals surface area contributed by atoms with Gasteiger partial charge in [0.1, 0.15) is 0 Å². The minimum absolute atomic E-state index is 0.709. The van der Waals surface area contributed by atoms with Gasteiger partial charge in [0.05, 0.1) is 10.7 Å². The van der Waals surface area contributed by atoms with Crippen LogP contribution in [0.1, 0.15) is 29.1 Å². The lowest BCUT2D eigenvalue weighted by Gasteiger charge is -2.32. The van der Waals surface area contributed by atoms with Crippen LogP contribution in [0.2, 0.25) is 0 Å². The minimum Gasteiger partial charge on any atom is -0.356 e. The number of piperidine rings is 1. The number of nitrogens with zero attached hydrogens (tertiary/aromatic N) is 4. The quantitative estimate of drug-likeness (QED) is 0.612. The summed E-state index contributed by atoms with van der Waals surface area (Å²) in [4.78, 5) is 13.8. The van der Waals surface area contributed by atoms with E-state index in [0.717, 1.165) is 43.7 Å². The molecule has 0 aliphatic carbocycles. The molecule has 0 unspecified atom stereocenters. The lowest BCUT2D eigenvalue weighted by atomic mass is 9.97.